The maximum atomic E-state index is 12.5. The van der Waals surface area contributed by atoms with Gasteiger partial charge in [0.05, 0.1) is 16.9 Å². The van der Waals surface area contributed by atoms with Gasteiger partial charge in [0, 0.05) is 10.9 Å². The summed E-state index contributed by atoms with van der Waals surface area (Å²) in [5.41, 5.74) is 3.17. The number of esters is 1. The first-order valence-corrected chi connectivity index (χ1v) is 10.9. The van der Waals surface area contributed by atoms with Crippen molar-refractivity contribution in [3.8, 4) is 11.3 Å². The standard InChI is InChI=1S/C22H19N7O4S/c1-14-6-8-15(9-7-14)18-12-34-22(25-18)26-20(31)11-33-21(32)16-4-2-3-5-17(16)24-19(30)10-29-13-23-27-28-29/h2-9,12-13H,10-11H2,1H3,(H,24,30)(H,25,26,31). The minimum Gasteiger partial charge on any atom is -0.452 e. The van der Waals surface area contributed by atoms with Crippen LogP contribution in [-0.4, -0.2) is 49.6 Å². The number of thiazole rings is 1. The highest BCUT2D eigenvalue weighted by Crippen LogP contribution is 2.25. The molecule has 0 aliphatic carbocycles. The molecule has 0 unspecified atom stereocenters. The fourth-order valence-corrected chi connectivity index (χ4v) is 3.65. The smallest absolute Gasteiger partial charge is 0.340 e. The lowest BCUT2D eigenvalue weighted by molar-refractivity contribution is -0.119. The Labute approximate surface area is 197 Å². The van der Waals surface area contributed by atoms with Crippen LogP contribution in [0.4, 0.5) is 10.8 Å². The lowest BCUT2D eigenvalue weighted by atomic mass is 10.1. The summed E-state index contributed by atoms with van der Waals surface area (Å²) in [6, 6.07) is 14.2. The fourth-order valence-electron chi connectivity index (χ4n) is 2.91. The van der Waals surface area contributed by atoms with Crippen molar-refractivity contribution >= 4 is 39.9 Å². The molecule has 4 rings (SSSR count). The van der Waals surface area contributed by atoms with Crippen LogP contribution in [0.5, 0.6) is 0 Å². The number of aromatic nitrogens is 5. The lowest BCUT2D eigenvalue weighted by Crippen LogP contribution is -2.23. The number of carbonyl (C=O) groups excluding carboxylic acids is 3. The number of para-hydroxylation sites is 1. The Balaban J connectivity index is 1.32. The highest BCUT2D eigenvalue weighted by Gasteiger charge is 2.17. The van der Waals surface area contributed by atoms with Crippen molar-refractivity contribution in [2.24, 2.45) is 0 Å². The van der Waals surface area contributed by atoms with Crippen LogP contribution in [0, 0.1) is 6.92 Å². The molecular weight excluding hydrogens is 458 g/mol. The van der Waals surface area contributed by atoms with E-state index in [9.17, 15) is 14.4 Å². The molecule has 0 spiro atoms. The van der Waals surface area contributed by atoms with Gasteiger partial charge < -0.3 is 10.1 Å². The Morgan fingerprint density at radius 3 is 2.59 bits per heavy atom. The van der Waals surface area contributed by atoms with Crippen molar-refractivity contribution in [3.05, 3.63) is 71.4 Å². The van der Waals surface area contributed by atoms with Crippen LogP contribution in [-0.2, 0) is 20.9 Å². The normalized spacial score (nSPS) is 10.5. The molecule has 2 amide bonds. The highest BCUT2D eigenvalue weighted by molar-refractivity contribution is 7.14. The monoisotopic (exact) mass is 477 g/mol. The van der Waals surface area contributed by atoms with E-state index in [1.165, 1.54) is 28.4 Å². The number of anilines is 2. The van der Waals surface area contributed by atoms with Gasteiger partial charge in [0.15, 0.2) is 11.7 Å². The number of aryl methyl sites for hydroxylation is 1. The lowest BCUT2D eigenvalue weighted by Gasteiger charge is -2.10. The van der Waals surface area contributed by atoms with Gasteiger partial charge >= 0.3 is 5.97 Å². The van der Waals surface area contributed by atoms with Gasteiger partial charge in [-0.2, -0.15) is 0 Å². The molecule has 12 heteroatoms. The Hall–Kier alpha value is -4.45. The van der Waals surface area contributed by atoms with Crippen LogP contribution >= 0.6 is 11.3 Å². The van der Waals surface area contributed by atoms with Gasteiger partial charge in [-0.15, -0.1) is 16.4 Å². The number of rotatable bonds is 8. The van der Waals surface area contributed by atoms with Gasteiger partial charge in [0.2, 0.25) is 5.91 Å². The second kappa shape index (κ2) is 10.4. The van der Waals surface area contributed by atoms with Crippen LogP contribution in [0.15, 0.2) is 60.2 Å². The minimum absolute atomic E-state index is 0.108. The van der Waals surface area contributed by atoms with E-state index in [2.05, 4.69) is 31.1 Å². The predicted molar refractivity (Wildman–Crippen MR) is 124 cm³/mol. The number of tetrazole rings is 1. The van der Waals surface area contributed by atoms with Gasteiger partial charge in [-0.1, -0.05) is 42.0 Å². The first kappa shape index (κ1) is 22.7. The molecule has 2 aromatic carbocycles. The molecule has 0 atom stereocenters. The molecule has 2 N–H and O–H groups in total. The van der Waals surface area contributed by atoms with Crippen molar-refractivity contribution in [2.75, 3.05) is 17.2 Å². The molecule has 0 saturated carbocycles. The maximum absolute atomic E-state index is 12.5. The van der Waals surface area contributed by atoms with Gasteiger partial charge in [-0.25, -0.2) is 14.5 Å². The molecule has 34 heavy (non-hydrogen) atoms. The Morgan fingerprint density at radius 2 is 1.82 bits per heavy atom. The second-order valence-corrected chi connectivity index (χ2v) is 7.99. The number of hydrogen-bond acceptors (Lipinski definition) is 9. The number of ether oxygens (including phenoxy) is 1. The summed E-state index contributed by atoms with van der Waals surface area (Å²) in [6.07, 6.45) is 1.30. The van der Waals surface area contributed by atoms with E-state index in [0.717, 1.165) is 16.8 Å². The molecule has 11 nitrogen and oxygen atoms in total. The summed E-state index contributed by atoms with van der Waals surface area (Å²) >= 11 is 1.27. The largest absolute Gasteiger partial charge is 0.452 e. The fraction of sp³-hybridized carbons (Fsp3) is 0.136. The molecule has 0 fully saturated rings. The summed E-state index contributed by atoms with van der Waals surface area (Å²) in [7, 11) is 0. The third kappa shape index (κ3) is 5.86. The van der Waals surface area contributed by atoms with Gasteiger partial charge in [-0.05, 0) is 29.5 Å². The number of carbonyl (C=O) groups is 3. The third-order valence-corrected chi connectivity index (χ3v) is 5.31. The van der Waals surface area contributed by atoms with E-state index >= 15 is 0 Å². The number of nitrogens with one attached hydrogen (secondary N) is 2. The number of hydrogen-bond donors (Lipinski definition) is 2. The zero-order chi connectivity index (χ0) is 23.9. The minimum atomic E-state index is -0.757. The topological polar surface area (TPSA) is 141 Å². The molecule has 4 aromatic rings. The van der Waals surface area contributed by atoms with Gasteiger partial charge in [-0.3, -0.25) is 14.9 Å². The predicted octanol–water partition coefficient (Wildman–Crippen LogP) is 2.54. The summed E-state index contributed by atoms with van der Waals surface area (Å²) in [6.45, 7) is 1.36. The van der Waals surface area contributed by atoms with Gasteiger partial charge in [0.25, 0.3) is 5.91 Å². The first-order valence-electron chi connectivity index (χ1n) is 10.1. The second-order valence-electron chi connectivity index (χ2n) is 7.13. The average Bonchev–Trinajstić information content (AvgIpc) is 3.50. The molecular formula is C22H19N7O4S. The zero-order valence-electron chi connectivity index (χ0n) is 18.0. The maximum Gasteiger partial charge on any atom is 0.340 e. The SMILES string of the molecule is Cc1ccc(-c2csc(NC(=O)COC(=O)c3ccccc3NC(=O)Cn3cnnn3)n2)cc1. The third-order valence-electron chi connectivity index (χ3n) is 4.55. The van der Waals surface area contributed by atoms with Crippen LogP contribution < -0.4 is 10.6 Å². The van der Waals surface area contributed by atoms with Gasteiger partial charge in [0.1, 0.15) is 12.9 Å². The summed E-state index contributed by atoms with van der Waals surface area (Å²) in [5.74, 6) is -1.72. The van der Waals surface area contributed by atoms with E-state index in [1.807, 2.05) is 36.6 Å². The zero-order valence-corrected chi connectivity index (χ0v) is 18.8. The van der Waals surface area contributed by atoms with Crippen LogP contribution in [0.3, 0.4) is 0 Å². The molecule has 172 valence electrons. The molecule has 0 aliphatic rings. The average molecular weight is 478 g/mol. The van der Waals surface area contributed by atoms with Crippen LogP contribution in [0.1, 0.15) is 15.9 Å². The number of nitrogens with zero attached hydrogens (tertiary/aromatic N) is 5. The number of benzene rings is 2. The summed E-state index contributed by atoms with van der Waals surface area (Å²) in [4.78, 5) is 41.4. The molecule has 0 bridgehead atoms. The van der Waals surface area contributed by atoms with Crippen molar-refractivity contribution in [2.45, 2.75) is 13.5 Å². The molecule has 2 aromatic heterocycles. The van der Waals surface area contributed by atoms with E-state index < -0.39 is 24.4 Å². The molecule has 2 heterocycles. The number of amides is 2. The Bertz CT molecular complexity index is 1300. The van der Waals surface area contributed by atoms with E-state index in [0.29, 0.717) is 5.13 Å². The van der Waals surface area contributed by atoms with Crippen LogP contribution in [0.25, 0.3) is 11.3 Å². The van der Waals surface area contributed by atoms with Crippen molar-refractivity contribution in [1.29, 1.82) is 0 Å². The summed E-state index contributed by atoms with van der Waals surface area (Å²) < 4.78 is 6.37. The van der Waals surface area contributed by atoms with Crippen molar-refractivity contribution < 1.29 is 19.1 Å². The first-order chi connectivity index (χ1) is 16.5. The summed E-state index contributed by atoms with van der Waals surface area (Å²) in [5, 5.41) is 18.0. The highest BCUT2D eigenvalue weighted by atomic mass is 32.1. The van der Waals surface area contributed by atoms with E-state index in [4.69, 9.17) is 4.74 Å². The molecule has 0 saturated heterocycles. The quantitative estimate of drug-likeness (QED) is 0.369. The Morgan fingerprint density at radius 1 is 1.03 bits per heavy atom. The molecule has 0 radical (unpaired) electrons. The van der Waals surface area contributed by atoms with E-state index in [1.54, 1.807) is 18.2 Å². The van der Waals surface area contributed by atoms with Crippen molar-refractivity contribution in [3.63, 3.8) is 0 Å². The van der Waals surface area contributed by atoms with Crippen LogP contribution in [0.2, 0.25) is 0 Å². The van der Waals surface area contributed by atoms with Crippen molar-refractivity contribution in [1.82, 2.24) is 25.2 Å². The molecule has 0 aliphatic heterocycles. The van der Waals surface area contributed by atoms with E-state index in [-0.39, 0.29) is 17.8 Å². The Kier molecular flexibility index (Phi) is 6.98.